The third-order valence-electron chi connectivity index (χ3n) is 5.59. The summed E-state index contributed by atoms with van der Waals surface area (Å²) in [6.45, 7) is 1.41. The number of carbonyl (C=O) groups is 3. The van der Waals surface area contributed by atoms with Crippen LogP contribution < -0.4 is 10.2 Å². The summed E-state index contributed by atoms with van der Waals surface area (Å²) in [5, 5.41) is 3.30. The van der Waals surface area contributed by atoms with E-state index in [9.17, 15) is 14.4 Å². The Balaban J connectivity index is 1.24. The molecule has 1 aromatic carbocycles. The van der Waals surface area contributed by atoms with E-state index in [-0.39, 0.29) is 30.1 Å². The summed E-state index contributed by atoms with van der Waals surface area (Å²) in [4.78, 5) is 46.8. The first-order valence-corrected chi connectivity index (χ1v) is 10.9. The Morgan fingerprint density at radius 3 is 2.81 bits per heavy atom. The number of benzene rings is 1. The van der Waals surface area contributed by atoms with E-state index < -0.39 is 0 Å². The predicted molar refractivity (Wildman–Crippen MR) is 115 cm³/mol. The van der Waals surface area contributed by atoms with Gasteiger partial charge in [0.25, 0.3) is 5.91 Å². The number of aromatic nitrogens is 1. The van der Waals surface area contributed by atoms with E-state index in [1.165, 1.54) is 23.9 Å². The van der Waals surface area contributed by atoms with Gasteiger partial charge in [0.1, 0.15) is 6.26 Å². The molecule has 1 saturated heterocycles. The van der Waals surface area contributed by atoms with E-state index in [2.05, 4.69) is 10.3 Å². The first-order chi connectivity index (χ1) is 15.1. The van der Waals surface area contributed by atoms with Crippen LogP contribution in [-0.2, 0) is 22.6 Å². The molecule has 3 amide bonds. The highest BCUT2D eigenvalue weighted by atomic mass is 32.1. The zero-order chi connectivity index (χ0) is 21.4. The molecule has 0 saturated carbocycles. The molecule has 2 aliphatic rings. The highest BCUT2D eigenvalue weighted by molar-refractivity contribution is 7.15. The van der Waals surface area contributed by atoms with E-state index >= 15 is 0 Å². The Bertz CT molecular complexity index is 1130. The fraction of sp³-hybridized carbons (Fsp3) is 0.273. The number of carbonyl (C=O) groups excluding carboxylic acids is 3. The number of nitrogens with zero attached hydrogens (tertiary/aromatic N) is 3. The quantitative estimate of drug-likeness (QED) is 0.679. The van der Waals surface area contributed by atoms with Crippen LogP contribution in [-0.4, -0.2) is 40.7 Å². The number of hydrogen-bond acceptors (Lipinski definition) is 6. The van der Waals surface area contributed by atoms with Crippen LogP contribution in [0.25, 0.3) is 0 Å². The Morgan fingerprint density at radius 2 is 2.03 bits per heavy atom. The van der Waals surface area contributed by atoms with Crippen LogP contribution >= 0.6 is 11.3 Å². The first kappa shape index (κ1) is 19.5. The molecule has 1 fully saturated rings. The number of rotatable bonds is 4. The lowest BCUT2D eigenvalue weighted by Crippen LogP contribution is -2.40. The molecule has 2 aromatic heterocycles. The van der Waals surface area contributed by atoms with Gasteiger partial charge in [0.2, 0.25) is 11.8 Å². The molecule has 31 heavy (non-hydrogen) atoms. The first-order valence-electron chi connectivity index (χ1n) is 10.0. The predicted octanol–water partition coefficient (Wildman–Crippen LogP) is 2.93. The minimum Gasteiger partial charge on any atom is -0.472 e. The van der Waals surface area contributed by atoms with Crippen molar-refractivity contribution in [1.82, 2.24) is 9.88 Å². The summed E-state index contributed by atoms with van der Waals surface area (Å²) in [7, 11) is 0. The molecule has 1 N–H and O–H groups in total. The van der Waals surface area contributed by atoms with Gasteiger partial charge in [0.15, 0.2) is 5.13 Å². The second-order valence-electron chi connectivity index (χ2n) is 7.61. The monoisotopic (exact) mass is 436 g/mol. The smallest absolute Gasteiger partial charge is 0.260 e. The van der Waals surface area contributed by atoms with Crippen LogP contribution in [0, 0.1) is 5.92 Å². The summed E-state index contributed by atoms with van der Waals surface area (Å²) in [6.07, 6.45) is 3.68. The zero-order valence-electron chi connectivity index (χ0n) is 16.6. The van der Waals surface area contributed by atoms with Crippen molar-refractivity contribution in [3.05, 3.63) is 65.1 Å². The zero-order valence-corrected chi connectivity index (χ0v) is 17.4. The highest BCUT2D eigenvalue weighted by Crippen LogP contribution is 2.31. The molecule has 0 aliphatic carbocycles. The standard InChI is InChI=1S/C22H20N4O4S/c27-19-10-15(11-26(19)16-4-2-1-3-5-16)21(29)25-8-6-17-18(12-25)31-22(23-17)24-20(28)14-7-9-30-13-14/h1-5,7,9,13,15H,6,8,10-12H2,(H,23,24,28). The van der Waals surface area contributed by atoms with Crippen LogP contribution in [0.4, 0.5) is 10.8 Å². The largest absolute Gasteiger partial charge is 0.472 e. The average Bonchev–Trinajstić information content (AvgIpc) is 3.52. The van der Waals surface area contributed by atoms with E-state index in [1.807, 2.05) is 30.3 Å². The van der Waals surface area contributed by atoms with E-state index in [0.717, 1.165) is 16.3 Å². The number of anilines is 2. The van der Waals surface area contributed by atoms with E-state index in [4.69, 9.17) is 4.42 Å². The van der Waals surface area contributed by atoms with Crippen LogP contribution in [0.2, 0.25) is 0 Å². The van der Waals surface area contributed by atoms with Crippen LogP contribution in [0.1, 0.15) is 27.3 Å². The van der Waals surface area contributed by atoms with Crippen molar-refractivity contribution in [3.8, 4) is 0 Å². The van der Waals surface area contributed by atoms with Gasteiger partial charge in [-0.25, -0.2) is 4.98 Å². The molecule has 2 aliphatic heterocycles. The van der Waals surface area contributed by atoms with Gasteiger partial charge >= 0.3 is 0 Å². The lowest BCUT2D eigenvalue weighted by Gasteiger charge is -2.28. The van der Waals surface area contributed by atoms with Gasteiger partial charge in [-0.05, 0) is 18.2 Å². The number of amides is 3. The van der Waals surface area contributed by atoms with Crippen LogP contribution in [0.3, 0.4) is 0 Å². The maximum atomic E-state index is 13.1. The fourth-order valence-electron chi connectivity index (χ4n) is 3.99. The molecule has 5 rings (SSSR count). The summed E-state index contributed by atoms with van der Waals surface area (Å²) >= 11 is 1.38. The van der Waals surface area contributed by atoms with Crippen molar-refractivity contribution in [2.45, 2.75) is 19.4 Å². The molecule has 9 heteroatoms. The van der Waals surface area contributed by atoms with Crippen molar-refractivity contribution >= 4 is 39.9 Å². The minimum absolute atomic E-state index is 0.00480. The lowest BCUT2D eigenvalue weighted by atomic mass is 10.1. The SMILES string of the molecule is O=C(Nc1nc2c(s1)CN(C(=O)C1CC(=O)N(c3ccccc3)C1)CC2)c1ccoc1. The molecule has 0 spiro atoms. The molecular weight excluding hydrogens is 416 g/mol. The number of para-hydroxylation sites is 1. The Hall–Kier alpha value is -3.46. The van der Waals surface area contributed by atoms with Gasteiger partial charge in [-0.2, -0.15) is 0 Å². The Morgan fingerprint density at radius 1 is 1.19 bits per heavy atom. The number of thiazole rings is 1. The number of nitrogens with one attached hydrogen (secondary N) is 1. The molecule has 0 bridgehead atoms. The van der Waals surface area contributed by atoms with E-state index in [1.54, 1.807) is 15.9 Å². The maximum Gasteiger partial charge on any atom is 0.260 e. The molecule has 3 aromatic rings. The lowest BCUT2D eigenvalue weighted by molar-refractivity contribution is -0.136. The molecule has 1 unspecified atom stereocenters. The molecule has 1 atom stereocenters. The van der Waals surface area contributed by atoms with Crippen molar-refractivity contribution < 1.29 is 18.8 Å². The van der Waals surface area contributed by atoms with Crippen molar-refractivity contribution in [1.29, 1.82) is 0 Å². The summed E-state index contributed by atoms with van der Waals surface area (Å²) in [5.74, 6) is -0.653. The molecule has 4 heterocycles. The normalized spacial score (nSPS) is 18.2. The number of furan rings is 1. The third kappa shape index (κ3) is 3.84. The summed E-state index contributed by atoms with van der Waals surface area (Å²) in [6, 6.07) is 11.0. The Labute approximate surface area is 182 Å². The van der Waals surface area contributed by atoms with Crippen molar-refractivity contribution in [2.75, 3.05) is 23.3 Å². The number of fused-ring (bicyclic) bond motifs is 1. The van der Waals surface area contributed by atoms with E-state index in [0.29, 0.717) is 36.8 Å². The van der Waals surface area contributed by atoms with Gasteiger partial charge in [0, 0.05) is 36.5 Å². The van der Waals surface area contributed by atoms with Crippen molar-refractivity contribution in [3.63, 3.8) is 0 Å². The molecular formula is C22H20N4O4S. The summed E-state index contributed by atoms with van der Waals surface area (Å²) in [5.41, 5.74) is 2.16. The second-order valence-corrected chi connectivity index (χ2v) is 8.69. The van der Waals surface area contributed by atoms with Gasteiger partial charge in [0.05, 0.1) is 30.0 Å². The highest BCUT2D eigenvalue weighted by Gasteiger charge is 2.38. The van der Waals surface area contributed by atoms with Gasteiger partial charge < -0.3 is 14.2 Å². The molecule has 8 nitrogen and oxygen atoms in total. The second kappa shape index (κ2) is 7.99. The average molecular weight is 436 g/mol. The summed E-state index contributed by atoms with van der Waals surface area (Å²) < 4.78 is 4.94. The van der Waals surface area contributed by atoms with Crippen LogP contribution in [0.5, 0.6) is 0 Å². The van der Waals surface area contributed by atoms with Crippen molar-refractivity contribution in [2.24, 2.45) is 5.92 Å². The maximum absolute atomic E-state index is 13.1. The van der Waals surface area contributed by atoms with Gasteiger partial charge in [-0.15, -0.1) is 0 Å². The number of hydrogen-bond donors (Lipinski definition) is 1. The van der Waals surface area contributed by atoms with Crippen LogP contribution in [0.15, 0.2) is 53.3 Å². The minimum atomic E-state index is -0.345. The fourth-order valence-corrected chi connectivity index (χ4v) is 5.01. The molecule has 158 valence electrons. The topological polar surface area (TPSA) is 95.8 Å². The Kier molecular flexibility index (Phi) is 5.03. The third-order valence-corrected chi connectivity index (χ3v) is 6.59. The van der Waals surface area contributed by atoms with Gasteiger partial charge in [-0.1, -0.05) is 29.5 Å². The van der Waals surface area contributed by atoms with Gasteiger partial charge in [-0.3, -0.25) is 19.7 Å². The molecule has 0 radical (unpaired) electrons.